The van der Waals surface area contributed by atoms with Crippen LogP contribution in [0.15, 0.2) is 18.2 Å². The summed E-state index contributed by atoms with van der Waals surface area (Å²) in [5, 5.41) is 0. The van der Waals surface area contributed by atoms with Crippen LogP contribution in [0.1, 0.15) is 13.3 Å². The van der Waals surface area contributed by atoms with Gasteiger partial charge in [0.15, 0.2) is 11.6 Å². The predicted molar refractivity (Wildman–Crippen MR) is 62.5 cm³/mol. The smallest absolute Gasteiger partial charge is 0.160 e. The van der Waals surface area contributed by atoms with Crippen molar-refractivity contribution in [2.24, 2.45) is 11.7 Å². The minimum atomic E-state index is -0.813. The number of hydrogen-bond acceptors (Lipinski definition) is 2. The molecule has 0 radical (unpaired) electrons. The van der Waals surface area contributed by atoms with E-state index >= 15 is 0 Å². The molecule has 1 aromatic carbocycles. The molecule has 16 heavy (non-hydrogen) atoms. The Morgan fingerprint density at radius 2 is 2.00 bits per heavy atom. The van der Waals surface area contributed by atoms with Gasteiger partial charge in [-0.3, -0.25) is 0 Å². The molecule has 0 amide bonds. The fourth-order valence-electron chi connectivity index (χ4n) is 1.38. The van der Waals surface area contributed by atoms with Crippen LogP contribution in [0.3, 0.4) is 0 Å². The van der Waals surface area contributed by atoms with Crippen molar-refractivity contribution in [1.29, 1.82) is 0 Å². The summed E-state index contributed by atoms with van der Waals surface area (Å²) in [4.78, 5) is 1.90. The first-order valence-corrected chi connectivity index (χ1v) is 5.41. The summed E-state index contributed by atoms with van der Waals surface area (Å²) >= 11 is 0. The monoisotopic (exact) mass is 228 g/mol. The lowest BCUT2D eigenvalue weighted by molar-refractivity contribution is 0.507. The van der Waals surface area contributed by atoms with Crippen molar-refractivity contribution >= 4 is 5.69 Å². The Morgan fingerprint density at radius 1 is 1.31 bits per heavy atom. The van der Waals surface area contributed by atoms with E-state index in [9.17, 15) is 8.78 Å². The summed E-state index contributed by atoms with van der Waals surface area (Å²) in [6.07, 6.45) is 0.937. The molecule has 0 fully saturated rings. The molecule has 0 saturated carbocycles. The summed E-state index contributed by atoms with van der Waals surface area (Å²) in [6, 6.07) is 3.93. The van der Waals surface area contributed by atoms with Crippen molar-refractivity contribution in [2.45, 2.75) is 13.3 Å². The van der Waals surface area contributed by atoms with E-state index in [1.807, 2.05) is 11.9 Å². The van der Waals surface area contributed by atoms with Crippen LogP contribution in [0.5, 0.6) is 0 Å². The van der Waals surface area contributed by atoms with Gasteiger partial charge in [0.25, 0.3) is 0 Å². The van der Waals surface area contributed by atoms with Gasteiger partial charge in [0.2, 0.25) is 0 Å². The van der Waals surface area contributed by atoms with Gasteiger partial charge < -0.3 is 10.6 Å². The van der Waals surface area contributed by atoms with Gasteiger partial charge in [-0.2, -0.15) is 0 Å². The molecule has 0 aliphatic heterocycles. The van der Waals surface area contributed by atoms with E-state index in [-0.39, 0.29) is 0 Å². The number of anilines is 1. The molecule has 0 aliphatic rings. The molecule has 1 rings (SSSR count). The third-order valence-electron chi connectivity index (χ3n) is 2.70. The third-order valence-corrected chi connectivity index (χ3v) is 2.70. The Balaban J connectivity index is 2.59. The summed E-state index contributed by atoms with van der Waals surface area (Å²) in [5.41, 5.74) is 6.20. The van der Waals surface area contributed by atoms with Crippen molar-refractivity contribution in [2.75, 3.05) is 25.0 Å². The SMILES string of the molecule is CC(CN)CCN(C)c1ccc(F)c(F)c1. The lowest BCUT2D eigenvalue weighted by atomic mass is 10.1. The molecule has 0 aromatic heterocycles. The van der Waals surface area contributed by atoms with Gasteiger partial charge in [-0.05, 0) is 31.0 Å². The summed E-state index contributed by atoms with van der Waals surface area (Å²) in [7, 11) is 1.86. The van der Waals surface area contributed by atoms with Gasteiger partial charge in [-0.25, -0.2) is 8.78 Å². The number of hydrogen-bond donors (Lipinski definition) is 1. The molecule has 2 N–H and O–H groups in total. The van der Waals surface area contributed by atoms with Crippen molar-refractivity contribution in [3.8, 4) is 0 Å². The van der Waals surface area contributed by atoms with Crippen molar-refractivity contribution in [3.63, 3.8) is 0 Å². The first kappa shape index (κ1) is 12.9. The lowest BCUT2D eigenvalue weighted by Crippen LogP contribution is -2.23. The number of nitrogens with zero attached hydrogens (tertiary/aromatic N) is 1. The predicted octanol–water partition coefficient (Wildman–Crippen LogP) is 2.39. The molecule has 0 saturated heterocycles. The second kappa shape index (κ2) is 5.80. The maximum absolute atomic E-state index is 13.0. The minimum absolute atomic E-state index is 0.438. The molecular weight excluding hydrogens is 210 g/mol. The first-order valence-electron chi connectivity index (χ1n) is 5.41. The number of nitrogens with two attached hydrogens (primary N) is 1. The normalized spacial score (nSPS) is 12.6. The fourth-order valence-corrected chi connectivity index (χ4v) is 1.38. The number of rotatable bonds is 5. The summed E-state index contributed by atoms with van der Waals surface area (Å²) in [5.74, 6) is -1.18. The average molecular weight is 228 g/mol. The second-order valence-corrected chi connectivity index (χ2v) is 4.15. The van der Waals surface area contributed by atoms with E-state index in [0.717, 1.165) is 19.0 Å². The van der Waals surface area contributed by atoms with Crippen molar-refractivity contribution in [1.82, 2.24) is 0 Å². The topological polar surface area (TPSA) is 29.3 Å². The van der Waals surface area contributed by atoms with E-state index in [1.165, 1.54) is 6.07 Å². The van der Waals surface area contributed by atoms with Crippen LogP contribution in [-0.2, 0) is 0 Å². The van der Waals surface area contributed by atoms with Crippen LogP contribution in [0.2, 0.25) is 0 Å². The van der Waals surface area contributed by atoms with Gasteiger partial charge in [-0.1, -0.05) is 6.92 Å². The van der Waals surface area contributed by atoms with E-state index in [1.54, 1.807) is 6.07 Å². The Hall–Kier alpha value is -1.16. The molecular formula is C12H18F2N2. The standard InChI is InChI=1S/C12H18F2N2/c1-9(8-15)5-6-16(2)10-3-4-11(13)12(14)7-10/h3-4,7,9H,5-6,8,15H2,1-2H3. The Labute approximate surface area is 95.1 Å². The van der Waals surface area contributed by atoms with Crippen molar-refractivity contribution < 1.29 is 8.78 Å². The van der Waals surface area contributed by atoms with Gasteiger partial charge in [0.1, 0.15) is 0 Å². The van der Waals surface area contributed by atoms with Gasteiger partial charge in [0.05, 0.1) is 0 Å². The zero-order chi connectivity index (χ0) is 12.1. The maximum Gasteiger partial charge on any atom is 0.160 e. The Kier molecular flexibility index (Phi) is 4.68. The van der Waals surface area contributed by atoms with Crippen LogP contribution in [0.4, 0.5) is 14.5 Å². The molecule has 0 heterocycles. The highest BCUT2D eigenvalue weighted by Crippen LogP contribution is 2.17. The second-order valence-electron chi connectivity index (χ2n) is 4.15. The number of halogens is 2. The van der Waals surface area contributed by atoms with Crippen LogP contribution in [0, 0.1) is 17.6 Å². The molecule has 1 atom stereocenters. The van der Waals surface area contributed by atoms with Crippen molar-refractivity contribution in [3.05, 3.63) is 29.8 Å². The quantitative estimate of drug-likeness (QED) is 0.838. The van der Waals surface area contributed by atoms with Crippen LogP contribution >= 0.6 is 0 Å². The minimum Gasteiger partial charge on any atom is -0.375 e. The van der Waals surface area contributed by atoms with E-state index in [2.05, 4.69) is 6.92 Å². The maximum atomic E-state index is 13.0. The highest BCUT2D eigenvalue weighted by Gasteiger charge is 2.07. The molecule has 0 spiro atoms. The molecule has 2 nitrogen and oxygen atoms in total. The molecule has 4 heteroatoms. The third kappa shape index (κ3) is 3.45. The van der Waals surface area contributed by atoms with Crippen LogP contribution < -0.4 is 10.6 Å². The largest absolute Gasteiger partial charge is 0.375 e. The first-order chi connectivity index (χ1) is 7.54. The van der Waals surface area contributed by atoms with Gasteiger partial charge >= 0.3 is 0 Å². The molecule has 1 unspecified atom stereocenters. The summed E-state index contributed by atoms with van der Waals surface area (Å²) in [6.45, 7) is 3.49. The van der Waals surface area contributed by atoms with E-state index in [0.29, 0.717) is 18.2 Å². The zero-order valence-electron chi connectivity index (χ0n) is 9.71. The highest BCUT2D eigenvalue weighted by atomic mass is 19.2. The molecule has 0 bridgehead atoms. The molecule has 0 aliphatic carbocycles. The van der Waals surface area contributed by atoms with Gasteiger partial charge in [-0.15, -0.1) is 0 Å². The van der Waals surface area contributed by atoms with E-state index in [4.69, 9.17) is 5.73 Å². The summed E-state index contributed by atoms with van der Waals surface area (Å²) < 4.78 is 25.7. The van der Waals surface area contributed by atoms with E-state index < -0.39 is 11.6 Å². The van der Waals surface area contributed by atoms with Gasteiger partial charge in [0, 0.05) is 25.3 Å². The fraction of sp³-hybridized carbons (Fsp3) is 0.500. The zero-order valence-corrected chi connectivity index (χ0v) is 9.71. The van der Waals surface area contributed by atoms with Crippen LogP contribution in [-0.4, -0.2) is 20.1 Å². The average Bonchev–Trinajstić information content (AvgIpc) is 2.29. The van der Waals surface area contributed by atoms with Crippen LogP contribution in [0.25, 0.3) is 0 Å². The highest BCUT2D eigenvalue weighted by molar-refractivity contribution is 5.45. The molecule has 1 aromatic rings. The molecule has 90 valence electrons. The lowest BCUT2D eigenvalue weighted by Gasteiger charge is -2.21. The number of benzene rings is 1. The Bertz CT molecular complexity index is 342. The Morgan fingerprint density at radius 3 is 2.56 bits per heavy atom.